The summed E-state index contributed by atoms with van der Waals surface area (Å²) in [4.78, 5) is 4.98. The van der Waals surface area contributed by atoms with Crippen molar-refractivity contribution in [3.8, 4) is 0 Å². The number of hydrogen-bond donors (Lipinski definition) is 0. The van der Waals surface area contributed by atoms with Gasteiger partial charge in [0.1, 0.15) is 0 Å². The molecule has 0 spiro atoms. The van der Waals surface area contributed by atoms with E-state index in [1.165, 1.54) is 18.8 Å². The van der Waals surface area contributed by atoms with E-state index in [1.54, 1.807) is 0 Å². The van der Waals surface area contributed by atoms with Gasteiger partial charge in [0.05, 0.1) is 5.69 Å². The highest BCUT2D eigenvalue weighted by Crippen LogP contribution is 2.06. The lowest BCUT2D eigenvalue weighted by Crippen LogP contribution is -2.46. The summed E-state index contributed by atoms with van der Waals surface area (Å²) in [6, 6.07) is 2.10. The first kappa shape index (κ1) is 12.1. The van der Waals surface area contributed by atoms with Crippen LogP contribution in [0, 0.1) is 0 Å². The van der Waals surface area contributed by atoms with Crippen LogP contribution in [0.25, 0.3) is 0 Å². The van der Waals surface area contributed by atoms with Crippen molar-refractivity contribution < 1.29 is 0 Å². The third kappa shape index (κ3) is 3.30. The van der Waals surface area contributed by atoms with E-state index < -0.39 is 0 Å². The molecule has 2 heterocycles. The summed E-state index contributed by atoms with van der Waals surface area (Å²) in [6.07, 6.45) is 2.01. The van der Waals surface area contributed by atoms with E-state index in [9.17, 15) is 0 Å². The third-order valence-electron chi connectivity index (χ3n) is 3.02. The third-order valence-corrected chi connectivity index (χ3v) is 3.37. The zero-order valence-electron chi connectivity index (χ0n) is 9.77. The van der Waals surface area contributed by atoms with E-state index in [1.807, 2.05) is 17.9 Å². The molecule has 5 heteroatoms. The molecule has 0 unspecified atom stereocenters. The average molecular weight is 287 g/mol. The van der Waals surface area contributed by atoms with Crippen LogP contribution >= 0.6 is 15.9 Å². The molecule has 0 amide bonds. The quantitative estimate of drug-likeness (QED) is 0.770. The zero-order chi connectivity index (χ0) is 11.4. The smallest absolute Gasteiger partial charge is 0.0764 e. The zero-order valence-corrected chi connectivity index (χ0v) is 11.4. The van der Waals surface area contributed by atoms with Gasteiger partial charge in [0, 0.05) is 57.8 Å². The largest absolute Gasteiger partial charge is 0.300 e. The second kappa shape index (κ2) is 5.80. The second-order valence-electron chi connectivity index (χ2n) is 4.29. The van der Waals surface area contributed by atoms with Crippen molar-refractivity contribution in [2.75, 3.05) is 38.1 Å². The number of halogens is 1. The number of aromatic nitrogens is 2. The van der Waals surface area contributed by atoms with Crippen LogP contribution < -0.4 is 0 Å². The monoisotopic (exact) mass is 286 g/mol. The molecular weight excluding hydrogens is 268 g/mol. The summed E-state index contributed by atoms with van der Waals surface area (Å²) < 4.78 is 1.87. The molecule has 1 aliphatic rings. The molecule has 0 saturated carbocycles. The lowest BCUT2D eigenvalue weighted by atomic mass is 10.3. The molecule has 0 N–H and O–H groups in total. The van der Waals surface area contributed by atoms with Crippen LogP contribution in [0.3, 0.4) is 0 Å². The molecule has 1 saturated heterocycles. The summed E-state index contributed by atoms with van der Waals surface area (Å²) in [5.41, 5.74) is 1.18. The highest BCUT2D eigenvalue weighted by Gasteiger charge is 2.16. The van der Waals surface area contributed by atoms with Crippen LogP contribution in [0.2, 0.25) is 0 Å². The normalized spacial score (nSPS) is 19.1. The number of nitrogens with zero attached hydrogens (tertiary/aromatic N) is 4. The van der Waals surface area contributed by atoms with Crippen LogP contribution in [0.5, 0.6) is 0 Å². The fraction of sp³-hybridized carbons (Fsp3) is 0.727. The van der Waals surface area contributed by atoms with Gasteiger partial charge in [-0.05, 0) is 6.07 Å². The molecule has 1 aromatic heterocycles. The van der Waals surface area contributed by atoms with Gasteiger partial charge >= 0.3 is 0 Å². The van der Waals surface area contributed by atoms with Gasteiger partial charge in [-0.25, -0.2) is 0 Å². The lowest BCUT2D eigenvalue weighted by molar-refractivity contribution is 0.131. The molecule has 0 radical (unpaired) electrons. The molecule has 0 bridgehead atoms. The summed E-state index contributed by atoms with van der Waals surface area (Å²) in [6.45, 7) is 6.82. The molecule has 16 heavy (non-hydrogen) atoms. The maximum atomic E-state index is 4.41. The van der Waals surface area contributed by atoms with Crippen molar-refractivity contribution in [2.24, 2.45) is 7.05 Å². The van der Waals surface area contributed by atoms with E-state index in [2.05, 4.69) is 36.9 Å². The van der Waals surface area contributed by atoms with Crippen molar-refractivity contribution in [1.82, 2.24) is 19.6 Å². The van der Waals surface area contributed by atoms with E-state index in [4.69, 9.17) is 0 Å². The molecule has 4 nitrogen and oxygen atoms in total. The van der Waals surface area contributed by atoms with Crippen molar-refractivity contribution >= 4 is 15.9 Å². The summed E-state index contributed by atoms with van der Waals surface area (Å²) in [7, 11) is 1.97. The highest BCUT2D eigenvalue weighted by atomic mass is 79.9. The Morgan fingerprint density at radius 2 is 1.94 bits per heavy atom. The van der Waals surface area contributed by atoms with Crippen LogP contribution in [0.1, 0.15) is 5.69 Å². The van der Waals surface area contributed by atoms with E-state index >= 15 is 0 Å². The molecule has 2 rings (SSSR count). The summed E-state index contributed by atoms with van der Waals surface area (Å²) in [5, 5.41) is 5.49. The highest BCUT2D eigenvalue weighted by molar-refractivity contribution is 9.09. The SMILES string of the molecule is Cn1ccc(CN2CCN(CCBr)CC2)n1. The molecule has 1 aliphatic heterocycles. The van der Waals surface area contributed by atoms with Gasteiger partial charge in [0.25, 0.3) is 0 Å². The number of hydrogen-bond acceptors (Lipinski definition) is 3. The van der Waals surface area contributed by atoms with Gasteiger partial charge in [-0.15, -0.1) is 0 Å². The van der Waals surface area contributed by atoms with E-state index in [-0.39, 0.29) is 0 Å². The Labute approximate surface area is 105 Å². The molecule has 1 fully saturated rings. The van der Waals surface area contributed by atoms with E-state index in [0.29, 0.717) is 0 Å². The maximum absolute atomic E-state index is 4.41. The van der Waals surface area contributed by atoms with Crippen molar-refractivity contribution in [3.63, 3.8) is 0 Å². The fourth-order valence-corrected chi connectivity index (χ4v) is 2.57. The standard InChI is InChI=1S/C11H19BrN4/c1-14-4-2-11(13-14)10-16-8-6-15(5-3-12)7-9-16/h2,4H,3,5-10H2,1H3. The van der Waals surface area contributed by atoms with Gasteiger partial charge in [-0.1, -0.05) is 15.9 Å². The first-order valence-corrected chi connectivity index (χ1v) is 6.89. The molecule has 90 valence electrons. The number of alkyl halides is 1. The van der Waals surface area contributed by atoms with Gasteiger partial charge < -0.3 is 0 Å². The molecule has 0 atom stereocenters. The first-order valence-electron chi connectivity index (χ1n) is 5.77. The van der Waals surface area contributed by atoms with Gasteiger partial charge in [-0.2, -0.15) is 5.10 Å². The number of rotatable bonds is 4. The summed E-state index contributed by atoms with van der Waals surface area (Å²) >= 11 is 3.49. The van der Waals surface area contributed by atoms with Crippen molar-refractivity contribution in [3.05, 3.63) is 18.0 Å². The second-order valence-corrected chi connectivity index (χ2v) is 5.08. The van der Waals surface area contributed by atoms with Crippen LogP contribution in [0.4, 0.5) is 0 Å². The van der Waals surface area contributed by atoms with E-state index in [0.717, 1.165) is 31.5 Å². The minimum absolute atomic E-state index is 0.989. The van der Waals surface area contributed by atoms with Crippen LogP contribution in [-0.4, -0.2) is 57.6 Å². The molecule has 1 aromatic rings. The molecule has 0 aromatic carbocycles. The lowest BCUT2D eigenvalue weighted by Gasteiger charge is -2.33. The predicted octanol–water partition coefficient (Wildman–Crippen LogP) is 0.933. The maximum Gasteiger partial charge on any atom is 0.0764 e. The fourth-order valence-electron chi connectivity index (χ4n) is 2.07. The van der Waals surface area contributed by atoms with Crippen LogP contribution in [-0.2, 0) is 13.6 Å². The van der Waals surface area contributed by atoms with Gasteiger partial charge in [0.2, 0.25) is 0 Å². The Morgan fingerprint density at radius 3 is 2.50 bits per heavy atom. The Morgan fingerprint density at radius 1 is 1.25 bits per heavy atom. The Balaban J connectivity index is 1.77. The average Bonchev–Trinajstić information content (AvgIpc) is 2.67. The summed E-state index contributed by atoms with van der Waals surface area (Å²) in [5.74, 6) is 0. The van der Waals surface area contributed by atoms with Crippen LogP contribution in [0.15, 0.2) is 12.3 Å². The van der Waals surface area contributed by atoms with Crippen molar-refractivity contribution in [1.29, 1.82) is 0 Å². The van der Waals surface area contributed by atoms with Crippen molar-refractivity contribution in [2.45, 2.75) is 6.54 Å². The van der Waals surface area contributed by atoms with Gasteiger partial charge in [0.15, 0.2) is 0 Å². The Bertz CT molecular complexity index is 318. The number of aryl methyl sites for hydroxylation is 1. The first-order chi connectivity index (χ1) is 7.78. The topological polar surface area (TPSA) is 24.3 Å². The minimum atomic E-state index is 0.989. The molecular formula is C11H19BrN4. The minimum Gasteiger partial charge on any atom is -0.300 e. The number of piperazine rings is 1. The molecule has 0 aliphatic carbocycles. The Kier molecular flexibility index (Phi) is 4.37. The van der Waals surface area contributed by atoms with Gasteiger partial charge in [-0.3, -0.25) is 14.5 Å². The Hall–Kier alpha value is -0.390. The predicted molar refractivity (Wildman–Crippen MR) is 68.7 cm³/mol.